The van der Waals surface area contributed by atoms with Crippen LogP contribution in [0.2, 0.25) is 0 Å². The molecule has 1 amide bonds. The van der Waals surface area contributed by atoms with E-state index in [2.05, 4.69) is 27.2 Å². The van der Waals surface area contributed by atoms with Crippen molar-refractivity contribution < 1.29 is 24.2 Å². The molecule has 0 aliphatic carbocycles. The van der Waals surface area contributed by atoms with Crippen molar-refractivity contribution in [3.05, 3.63) is 48.5 Å². The molecule has 30 heavy (non-hydrogen) atoms. The zero-order valence-electron chi connectivity index (χ0n) is 16.6. The Morgan fingerprint density at radius 3 is 2.47 bits per heavy atom. The summed E-state index contributed by atoms with van der Waals surface area (Å²) < 4.78 is 10.6. The second kappa shape index (κ2) is 9.04. The fourth-order valence-electron chi connectivity index (χ4n) is 3.78. The number of benzene rings is 2. The first-order valence-corrected chi connectivity index (χ1v) is 10.0. The minimum absolute atomic E-state index is 0.0807. The third-order valence-corrected chi connectivity index (χ3v) is 5.41. The number of carboxylic acid groups (broad SMARTS) is 1. The molecule has 158 valence electrons. The van der Waals surface area contributed by atoms with Crippen LogP contribution in [0.25, 0.3) is 0 Å². The normalized spacial score (nSPS) is 16.9. The van der Waals surface area contributed by atoms with Gasteiger partial charge in [0.05, 0.1) is 5.92 Å². The first-order valence-electron chi connectivity index (χ1n) is 10.0. The Hall–Kier alpha value is -3.26. The van der Waals surface area contributed by atoms with E-state index in [1.165, 1.54) is 5.69 Å². The lowest BCUT2D eigenvalue weighted by atomic mass is 10.0. The second-order valence-corrected chi connectivity index (χ2v) is 7.48. The summed E-state index contributed by atoms with van der Waals surface area (Å²) in [5, 5.41) is 12.4. The molecule has 0 radical (unpaired) electrons. The molecule has 2 heterocycles. The number of rotatable bonds is 7. The molecule has 2 aromatic carbocycles. The van der Waals surface area contributed by atoms with Crippen LogP contribution >= 0.6 is 0 Å². The first kappa shape index (κ1) is 20.0. The van der Waals surface area contributed by atoms with E-state index < -0.39 is 11.9 Å². The Bertz CT molecular complexity index is 897. The van der Waals surface area contributed by atoms with Crippen molar-refractivity contribution in [2.24, 2.45) is 5.92 Å². The molecule has 2 aromatic rings. The van der Waals surface area contributed by atoms with Crippen molar-refractivity contribution in [3.8, 4) is 11.5 Å². The third-order valence-electron chi connectivity index (χ3n) is 5.41. The van der Waals surface area contributed by atoms with Gasteiger partial charge in [0.1, 0.15) is 0 Å². The lowest BCUT2D eigenvalue weighted by Crippen LogP contribution is -2.48. The average molecular weight is 411 g/mol. The highest BCUT2D eigenvalue weighted by atomic mass is 16.7. The number of amides is 1. The fraction of sp³-hybridized carbons (Fsp3) is 0.364. The van der Waals surface area contributed by atoms with Gasteiger partial charge in [-0.15, -0.1) is 0 Å². The Morgan fingerprint density at radius 2 is 1.73 bits per heavy atom. The predicted octanol–water partition coefficient (Wildman–Crippen LogP) is 2.27. The number of aliphatic carboxylic acids is 1. The summed E-state index contributed by atoms with van der Waals surface area (Å²) in [4.78, 5) is 28.6. The molecule has 1 unspecified atom stereocenters. The maximum Gasteiger partial charge on any atom is 0.308 e. The highest BCUT2D eigenvalue weighted by Gasteiger charge is 2.27. The van der Waals surface area contributed by atoms with Gasteiger partial charge in [-0.3, -0.25) is 14.5 Å². The number of fused-ring (bicyclic) bond motifs is 1. The summed E-state index contributed by atoms with van der Waals surface area (Å²) in [5.41, 5.74) is 1.74. The number of nitrogens with one attached hydrogen (secondary N) is 1. The van der Waals surface area contributed by atoms with E-state index in [1.807, 2.05) is 18.2 Å². The maximum absolute atomic E-state index is 12.4. The van der Waals surface area contributed by atoms with E-state index in [1.54, 1.807) is 18.2 Å². The molecule has 0 bridgehead atoms. The van der Waals surface area contributed by atoms with Crippen LogP contribution in [0.1, 0.15) is 6.42 Å². The first-order chi connectivity index (χ1) is 14.6. The van der Waals surface area contributed by atoms with Gasteiger partial charge in [-0.2, -0.15) is 0 Å². The number of para-hydroxylation sites is 1. The van der Waals surface area contributed by atoms with Gasteiger partial charge in [0.25, 0.3) is 0 Å². The molecule has 1 atom stereocenters. The number of piperazine rings is 1. The van der Waals surface area contributed by atoms with Crippen molar-refractivity contribution in [1.29, 1.82) is 0 Å². The molecular formula is C22H25N3O5. The molecule has 1 saturated heterocycles. The number of carbonyl (C=O) groups is 2. The predicted molar refractivity (Wildman–Crippen MR) is 112 cm³/mol. The van der Waals surface area contributed by atoms with E-state index in [9.17, 15) is 14.7 Å². The van der Waals surface area contributed by atoms with Crippen molar-refractivity contribution in [3.63, 3.8) is 0 Å². The van der Waals surface area contributed by atoms with Gasteiger partial charge in [-0.05, 0) is 24.3 Å². The number of anilines is 2. The van der Waals surface area contributed by atoms with Crippen molar-refractivity contribution in [2.75, 3.05) is 49.7 Å². The lowest BCUT2D eigenvalue weighted by molar-refractivity contribution is -0.144. The Balaban J connectivity index is 1.29. The SMILES string of the molecule is O=C(CC(CN1CCN(c2ccccc2)CC1)C(=O)O)Nc1ccc2c(c1)OCO2. The van der Waals surface area contributed by atoms with Gasteiger partial charge < -0.3 is 24.8 Å². The summed E-state index contributed by atoms with van der Waals surface area (Å²) in [6, 6.07) is 15.3. The Labute approximate surface area is 175 Å². The highest BCUT2D eigenvalue weighted by Crippen LogP contribution is 2.34. The number of nitrogens with zero attached hydrogens (tertiary/aromatic N) is 2. The molecule has 8 heteroatoms. The zero-order valence-corrected chi connectivity index (χ0v) is 16.6. The molecule has 0 aromatic heterocycles. The minimum atomic E-state index is -0.957. The van der Waals surface area contributed by atoms with Crippen LogP contribution in [0.4, 0.5) is 11.4 Å². The van der Waals surface area contributed by atoms with Crippen molar-refractivity contribution in [2.45, 2.75) is 6.42 Å². The van der Waals surface area contributed by atoms with Crippen LogP contribution < -0.4 is 19.7 Å². The average Bonchev–Trinajstić information content (AvgIpc) is 3.22. The summed E-state index contributed by atoms with van der Waals surface area (Å²) in [6.45, 7) is 3.71. The molecule has 2 aliphatic rings. The van der Waals surface area contributed by atoms with E-state index in [0.717, 1.165) is 26.2 Å². The smallest absolute Gasteiger partial charge is 0.308 e. The number of hydrogen-bond acceptors (Lipinski definition) is 6. The molecule has 2 N–H and O–H groups in total. The number of hydrogen-bond donors (Lipinski definition) is 2. The van der Waals surface area contributed by atoms with Gasteiger partial charge in [0.15, 0.2) is 11.5 Å². The number of ether oxygens (including phenoxy) is 2. The van der Waals surface area contributed by atoms with Crippen LogP contribution in [0, 0.1) is 5.92 Å². The van der Waals surface area contributed by atoms with E-state index >= 15 is 0 Å². The van der Waals surface area contributed by atoms with Crippen LogP contribution in [0.5, 0.6) is 11.5 Å². The number of carboxylic acids is 1. The van der Waals surface area contributed by atoms with Gasteiger partial charge in [0, 0.05) is 56.6 Å². The monoisotopic (exact) mass is 411 g/mol. The van der Waals surface area contributed by atoms with Gasteiger partial charge in [0.2, 0.25) is 12.7 Å². The molecule has 0 spiro atoms. The third kappa shape index (κ3) is 4.83. The second-order valence-electron chi connectivity index (χ2n) is 7.48. The Morgan fingerprint density at radius 1 is 1.00 bits per heavy atom. The standard InChI is InChI=1S/C22H25N3O5/c26-21(23-17-6-7-19-20(13-17)30-15-29-19)12-16(22(27)28)14-24-8-10-25(11-9-24)18-4-2-1-3-5-18/h1-7,13,16H,8-12,14-15H2,(H,23,26)(H,27,28). The lowest BCUT2D eigenvalue weighted by Gasteiger charge is -2.37. The topological polar surface area (TPSA) is 91.3 Å². The molecule has 8 nitrogen and oxygen atoms in total. The number of carbonyl (C=O) groups excluding carboxylic acids is 1. The highest BCUT2D eigenvalue weighted by molar-refractivity contribution is 5.93. The van der Waals surface area contributed by atoms with Gasteiger partial charge in [-0.25, -0.2) is 0 Å². The quantitative estimate of drug-likeness (QED) is 0.722. The van der Waals surface area contributed by atoms with Crippen LogP contribution in [0.3, 0.4) is 0 Å². The largest absolute Gasteiger partial charge is 0.481 e. The van der Waals surface area contributed by atoms with Crippen LogP contribution in [-0.2, 0) is 9.59 Å². The van der Waals surface area contributed by atoms with Crippen molar-refractivity contribution in [1.82, 2.24) is 4.90 Å². The summed E-state index contributed by atoms with van der Waals surface area (Å²) in [5.74, 6) is -0.849. The fourth-order valence-corrected chi connectivity index (χ4v) is 3.78. The summed E-state index contributed by atoms with van der Waals surface area (Å²) >= 11 is 0. The van der Waals surface area contributed by atoms with Gasteiger partial charge in [-0.1, -0.05) is 18.2 Å². The van der Waals surface area contributed by atoms with Crippen LogP contribution in [0.15, 0.2) is 48.5 Å². The Kier molecular flexibility index (Phi) is 6.04. The van der Waals surface area contributed by atoms with Crippen molar-refractivity contribution >= 4 is 23.3 Å². The molecule has 4 rings (SSSR count). The maximum atomic E-state index is 12.4. The van der Waals surface area contributed by atoms with E-state index in [4.69, 9.17) is 9.47 Å². The van der Waals surface area contributed by atoms with E-state index in [-0.39, 0.29) is 19.1 Å². The van der Waals surface area contributed by atoms with Crippen LogP contribution in [-0.4, -0.2) is 61.4 Å². The molecule has 1 fully saturated rings. The zero-order chi connectivity index (χ0) is 20.9. The molecule has 0 saturated carbocycles. The molecular weight excluding hydrogens is 386 g/mol. The summed E-state index contributed by atoms with van der Waals surface area (Å²) in [6.07, 6.45) is -0.0807. The molecule has 2 aliphatic heterocycles. The minimum Gasteiger partial charge on any atom is -0.481 e. The summed E-state index contributed by atoms with van der Waals surface area (Å²) in [7, 11) is 0. The van der Waals surface area contributed by atoms with Gasteiger partial charge >= 0.3 is 5.97 Å². The van der Waals surface area contributed by atoms with E-state index in [0.29, 0.717) is 23.7 Å².